The maximum Gasteiger partial charge on any atom is 0.418 e. The lowest BCUT2D eigenvalue weighted by Crippen LogP contribution is -2.50. The Balaban J connectivity index is 1.34. The van der Waals surface area contributed by atoms with Crippen LogP contribution in [0.4, 0.5) is 35.3 Å². The number of anilines is 3. The molecule has 1 N–H and O–H groups in total. The lowest BCUT2D eigenvalue weighted by Gasteiger charge is -2.35. The Morgan fingerprint density at radius 1 is 0.833 bits per heavy atom. The minimum absolute atomic E-state index is 0.235. The highest BCUT2D eigenvalue weighted by atomic mass is 19.4. The summed E-state index contributed by atoms with van der Waals surface area (Å²) in [4.78, 5) is 18.2. The van der Waals surface area contributed by atoms with Crippen LogP contribution in [0.2, 0.25) is 0 Å². The third kappa shape index (κ3) is 4.42. The van der Waals surface area contributed by atoms with Crippen molar-refractivity contribution < 1.29 is 18.0 Å². The van der Waals surface area contributed by atoms with Gasteiger partial charge in [-0.3, -0.25) is 0 Å². The van der Waals surface area contributed by atoms with Crippen LogP contribution in [0.15, 0.2) is 36.4 Å². The van der Waals surface area contributed by atoms with Crippen LogP contribution in [0.5, 0.6) is 0 Å². The van der Waals surface area contributed by atoms with Crippen LogP contribution in [-0.4, -0.2) is 60.4 Å². The van der Waals surface area contributed by atoms with Crippen LogP contribution < -0.4 is 15.1 Å². The molecular weight excluding hydrogens is 397 g/mol. The maximum atomic E-state index is 13.1. The van der Waals surface area contributed by atoms with Gasteiger partial charge in [0.05, 0.1) is 11.3 Å². The van der Waals surface area contributed by atoms with Crippen LogP contribution in [0.3, 0.4) is 0 Å². The average Bonchev–Trinajstić information content (AvgIpc) is 3.29. The summed E-state index contributed by atoms with van der Waals surface area (Å²) in [7, 11) is 0. The summed E-state index contributed by atoms with van der Waals surface area (Å²) in [5.41, 5.74) is -1.09. The zero-order chi connectivity index (χ0) is 21.1. The number of alkyl halides is 3. The number of benzene rings is 1. The number of para-hydroxylation sites is 1. The molecule has 0 spiro atoms. The zero-order valence-corrected chi connectivity index (χ0v) is 16.4. The third-order valence-electron chi connectivity index (χ3n) is 5.43. The van der Waals surface area contributed by atoms with Crippen LogP contribution in [0, 0.1) is 0 Å². The van der Waals surface area contributed by atoms with Crippen molar-refractivity contribution >= 4 is 23.4 Å². The van der Waals surface area contributed by atoms with E-state index in [9.17, 15) is 18.0 Å². The summed E-state index contributed by atoms with van der Waals surface area (Å²) in [6.07, 6.45) is -2.19. The van der Waals surface area contributed by atoms with E-state index in [-0.39, 0.29) is 5.69 Å². The number of piperazine rings is 1. The summed E-state index contributed by atoms with van der Waals surface area (Å²) < 4.78 is 39.4. The third-order valence-corrected chi connectivity index (χ3v) is 5.43. The highest BCUT2D eigenvalue weighted by Gasteiger charge is 2.34. The van der Waals surface area contributed by atoms with Crippen LogP contribution in [-0.2, 0) is 6.18 Å². The van der Waals surface area contributed by atoms with Crippen molar-refractivity contribution in [2.24, 2.45) is 0 Å². The number of rotatable bonds is 3. The number of carbonyl (C=O) groups excluding carboxylic acids is 1. The molecule has 2 fully saturated rings. The van der Waals surface area contributed by atoms with Crippen molar-refractivity contribution in [2.45, 2.75) is 19.0 Å². The monoisotopic (exact) mass is 420 g/mol. The van der Waals surface area contributed by atoms with Gasteiger partial charge in [-0.25, -0.2) is 4.79 Å². The smallest absolute Gasteiger partial charge is 0.355 e. The topological polar surface area (TPSA) is 64.6 Å². The SMILES string of the molecule is O=C(Nc1ccccc1C(F)(F)F)N1CCN(c2ccc(N3CCCC3)nn2)CC1. The summed E-state index contributed by atoms with van der Waals surface area (Å²) in [5.74, 6) is 1.61. The largest absolute Gasteiger partial charge is 0.418 e. The fraction of sp³-hybridized carbons (Fsp3) is 0.450. The Morgan fingerprint density at radius 3 is 1.97 bits per heavy atom. The molecule has 2 saturated heterocycles. The molecule has 0 unspecified atom stereocenters. The van der Waals surface area contributed by atoms with E-state index in [1.54, 1.807) is 0 Å². The number of halogens is 3. The molecule has 2 amide bonds. The fourth-order valence-corrected chi connectivity index (χ4v) is 3.77. The summed E-state index contributed by atoms with van der Waals surface area (Å²) in [5, 5.41) is 11.0. The Kier molecular flexibility index (Phi) is 5.65. The number of nitrogens with one attached hydrogen (secondary N) is 1. The van der Waals surface area contributed by atoms with Crippen molar-refractivity contribution in [3.8, 4) is 0 Å². The van der Waals surface area contributed by atoms with E-state index in [1.165, 1.54) is 35.9 Å². The Labute approximate surface area is 172 Å². The number of amides is 2. The molecule has 160 valence electrons. The van der Waals surface area contributed by atoms with Crippen molar-refractivity contribution in [3.63, 3.8) is 0 Å². The fourth-order valence-electron chi connectivity index (χ4n) is 3.77. The second kappa shape index (κ2) is 8.37. The molecule has 0 bridgehead atoms. The molecule has 2 aliphatic heterocycles. The van der Waals surface area contributed by atoms with E-state index in [0.29, 0.717) is 26.2 Å². The predicted molar refractivity (Wildman–Crippen MR) is 108 cm³/mol. The van der Waals surface area contributed by atoms with Crippen LogP contribution in [0.25, 0.3) is 0 Å². The van der Waals surface area contributed by atoms with Gasteiger partial charge in [0.15, 0.2) is 11.6 Å². The first-order chi connectivity index (χ1) is 14.4. The van der Waals surface area contributed by atoms with Gasteiger partial charge in [0.2, 0.25) is 0 Å². The molecule has 1 aromatic carbocycles. The van der Waals surface area contributed by atoms with Gasteiger partial charge in [0, 0.05) is 39.3 Å². The molecule has 2 aliphatic rings. The Bertz CT molecular complexity index is 875. The standard InChI is InChI=1S/C20H23F3N6O/c21-20(22,23)15-5-1-2-6-16(15)24-19(30)29-13-11-28(12-14-29)18-8-7-17(25-26-18)27-9-3-4-10-27/h1-2,5-8H,3-4,9-14H2,(H,24,30). The van der Waals surface area contributed by atoms with Crippen LogP contribution in [0.1, 0.15) is 18.4 Å². The molecule has 0 atom stereocenters. The molecule has 1 aromatic heterocycles. The second-order valence-corrected chi connectivity index (χ2v) is 7.39. The van der Waals surface area contributed by atoms with Gasteiger partial charge >= 0.3 is 12.2 Å². The number of aromatic nitrogens is 2. The first kappa shape index (κ1) is 20.2. The van der Waals surface area contributed by atoms with Crippen LogP contribution >= 0.6 is 0 Å². The number of nitrogens with zero attached hydrogens (tertiary/aromatic N) is 5. The first-order valence-electron chi connectivity index (χ1n) is 9.97. The number of hydrogen-bond acceptors (Lipinski definition) is 5. The molecule has 7 nitrogen and oxygen atoms in total. The molecule has 0 radical (unpaired) electrons. The summed E-state index contributed by atoms with van der Waals surface area (Å²) in [6, 6.07) is 8.32. The minimum atomic E-state index is -4.53. The molecule has 2 aromatic rings. The predicted octanol–water partition coefficient (Wildman–Crippen LogP) is 3.45. The lowest BCUT2D eigenvalue weighted by molar-refractivity contribution is -0.136. The lowest BCUT2D eigenvalue weighted by atomic mass is 10.1. The molecule has 10 heteroatoms. The van der Waals surface area contributed by atoms with Crippen molar-refractivity contribution in [1.82, 2.24) is 15.1 Å². The van der Waals surface area contributed by atoms with Gasteiger partial charge in [-0.2, -0.15) is 13.2 Å². The van der Waals surface area contributed by atoms with E-state index in [4.69, 9.17) is 0 Å². The van der Waals surface area contributed by atoms with E-state index < -0.39 is 17.8 Å². The van der Waals surface area contributed by atoms with E-state index in [1.807, 2.05) is 17.0 Å². The first-order valence-corrected chi connectivity index (χ1v) is 9.97. The molecule has 3 heterocycles. The molecular formula is C20H23F3N6O. The van der Waals surface area contributed by atoms with E-state index in [0.717, 1.165) is 30.8 Å². The second-order valence-electron chi connectivity index (χ2n) is 7.39. The Hall–Kier alpha value is -3.04. The van der Waals surface area contributed by atoms with Gasteiger partial charge in [-0.15, -0.1) is 10.2 Å². The van der Waals surface area contributed by atoms with Gasteiger partial charge in [0.1, 0.15) is 0 Å². The van der Waals surface area contributed by atoms with E-state index >= 15 is 0 Å². The van der Waals surface area contributed by atoms with Crippen molar-refractivity contribution in [1.29, 1.82) is 0 Å². The van der Waals surface area contributed by atoms with Crippen molar-refractivity contribution in [3.05, 3.63) is 42.0 Å². The van der Waals surface area contributed by atoms with Gasteiger partial charge in [0.25, 0.3) is 0 Å². The maximum absolute atomic E-state index is 13.1. The highest BCUT2D eigenvalue weighted by molar-refractivity contribution is 5.90. The zero-order valence-electron chi connectivity index (χ0n) is 16.4. The summed E-state index contributed by atoms with van der Waals surface area (Å²) >= 11 is 0. The summed E-state index contributed by atoms with van der Waals surface area (Å²) in [6.45, 7) is 3.84. The number of carbonyl (C=O) groups is 1. The van der Waals surface area contributed by atoms with E-state index in [2.05, 4.69) is 20.4 Å². The van der Waals surface area contributed by atoms with Crippen molar-refractivity contribution in [2.75, 3.05) is 54.4 Å². The normalized spacial score (nSPS) is 17.4. The Morgan fingerprint density at radius 2 is 1.40 bits per heavy atom. The highest BCUT2D eigenvalue weighted by Crippen LogP contribution is 2.34. The van der Waals surface area contributed by atoms with Gasteiger partial charge in [-0.1, -0.05) is 12.1 Å². The molecule has 4 rings (SSSR count). The van der Waals surface area contributed by atoms with Gasteiger partial charge < -0.3 is 20.0 Å². The quantitative estimate of drug-likeness (QED) is 0.824. The molecule has 0 aliphatic carbocycles. The molecule has 0 saturated carbocycles. The average molecular weight is 420 g/mol. The minimum Gasteiger partial charge on any atom is -0.355 e. The molecule has 30 heavy (non-hydrogen) atoms. The number of urea groups is 1. The number of hydrogen-bond donors (Lipinski definition) is 1. The van der Waals surface area contributed by atoms with Gasteiger partial charge in [-0.05, 0) is 37.1 Å².